The van der Waals surface area contributed by atoms with Crippen molar-refractivity contribution in [1.29, 1.82) is 0 Å². The highest BCUT2D eigenvalue weighted by Crippen LogP contribution is 2.27. The molecule has 0 bridgehead atoms. The Kier molecular flexibility index (Phi) is 3.71. The standard InChI is InChI=1S/C16H16ClN3O/c17-12-2-1-10-8-15(9-11(10)7-12)19-13-3-5-14(6-4-13)20-16(18)21/h1-7,15,19H,8-9H2,(H3,18,20,21). The van der Waals surface area contributed by atoms with E-state index in [1.165, 1.54) is 11.1 Å². The number of benzene rings is 2. The van der Waals surface area contributed by atoms with Crippen molar-refractivity contribution in [3.63, 3.8) is 0 Å². The van der Waals surface area contributed by atoms with Gasteiger partial charge >= 0.3 is 6.03 Å². The molecule has 2 amide bonds. The van der Waals surface area contributed by atoms with Gasteiger partial charge in [0.15, 0.2) is 0 Å². The Hall–Kier alpha value is -2.20. The van der Waals surface area contributed by atoms with E-state index >= 15 is 0 Å². The molecule has 0 heterocycles. The minimum atomic E-state index is -0.557. The Labute approximate surface area is 128 Å². The normalized spacial score (nSPS) is 16.3. The summed E-state index contributed by atoms with van der Waals surface area (Å²) in [5.41, 5.74) is 9.45. The van der Waals surface area contributed by atoms with Crippen LogP contribution in [0.3, 0.4) is 0 Å². The number of primary amides is 1. The van der Waals surface area contributed by atoms with Crippen LogP contribution in [0.2, 0.25) is 5.02 Å². The Morgan fingerprint density at radius 3 is 2.43 bits per heavy atom. The molecule has 0 radical (unpaired) electrons. The highest BCUT2D eigenvalue weighted by molar-refractivity contribution is 6.30. The van der Waals surface area contributed by atoms with Crippen LogP contribution in [-0.2, 0) is 12.8 Å². The molecule has 1 unspecified atom stereocenters. The van der Waals surface area contributed by atoms with Crippen molar-refractivity contribution in [3.05, 3.63) is 58.6 Å². The number of nitrogens with two attached hydrogens (primary N) is 1. The van der Waals surface area contributed by atoms with Gasteiger partial charge in [0, 0.05) is 22.4 Å². The van der Waals surface area contributed by atoms with E-state index in [1.54, 1.807) is 0 Å². The Balaban J connectivity index is 1.64. The van der Waals surface area contributed by atoms with Crippen LogP contribution in [0.25, 0.3) is 0 Å². The van der Waals surface area contributed by atoms with Crippen LogP contribution in [-0.4, -0.2) is 12.1 Å². The van der Waals surface area contributed by atoms with Gasteiger partial charge in [-0.25, -0.2) is 4.79 Å². The molecule has 1 aliphatic carbocycles. The Morgan fingerprint density at radius 1 is 1.05 bits per heavy atom. The summed E-state index contributed by atoms with van der Waals surface area (Å²) in [5, 5.41) is 6.83. The average molecular weight is 302 g/mol. The summed E-state index contributed by atoms with van der Waals surface area (Å²) < 4.78 is 0. The number of anilines is 2. The predicted molar refractivity (Wildman–Crippen MR) is 85.9 cm³/mol. The Morgan fingerprint density at radius 2 is 1.71 bits per heavy atom. The van der Waals surface area contributed by atoms with Crippen LogP contribution in [0.5, 0.6) is 0 Å². The van der Waals surface area contributed by atoms with E-state index in [4.69, 9.17) is 17.3 Å². The van der Waals surface area contributed by atoms with Crippen LogP contribution < -0.4 is 16.4 Å². The van der Waals surface area contributed by atoms with Gasteiger partial charge in [0.2, 0.25) is 0 Å². The summed E-state index contributed by atoms with van der Waals surface area (Å²) in [6.07, 6.45) is 1.96. The van der Waals surface area contributed by atoms with Crippen molar-refractivity contribution >= 4 is 29.0 Å². The average Bonchev–Trinajstić information content (AvgIpc) is 2.82. The zero-order chi connectivity index (χ0) is 14.8. The first kappa shape index (κ1) is 13.8. The van der Waals surface area contributed by atoms with Crippen LogP contribution in [0.15, 0.2) is 42.5 Å². The third-order valence-electron chi connectivity index (χ3n) is 3.62. The number of urea groups is 1. The lowest BCUT2D eigenvalue weighted by Gasteiger charge is -2.14. The third kappa shape index (κ3) is 3.28. The summed E-state index contributed by atoms with van der Waals surface area (Å²) in [5.74, 6) is 0. The first-order valence-electron chi connectivity index (χ1n) is 6.80. The van der Waals surface area contributed by atoms with Crippen molar-refractivity contribution in [1.82, 2.24) is 0 Å². The summed E-state index contributed by atoms with van der Waals surface area (Å²) in [6, 6.07) is 13.4. The quantitative estimate of drug-likeness (QED) is 0.813. The molecular formula is C16H16ClN3O. The smallest absolute Gasteiger partial charge is 0.316 e. The Bertz CT molecular complexity index is 670. The second-order valence-electron chi connectivity index (χ2n) is 5.23. The van der Waals surface area contributed by atoms with Crippen molar-refractivity contribution in [2.75, 3.05) is 10.6 Å². The van der Waals surface area contributed by atoms with Gasteiger partial charge in [0.25, 0.3) is 0 Å². The lowest BCUT2D eigenvalue weighted by molar-refractivity contribution is 0.259. The summed E-state index contributed by atoms with van der Waals surface area (Å²) in [7, 11) is 0. The molecule has 21 heavy (non-hydrogen) atoms. The van der Waals surface area contributed by atoms with Crippen LogP contribution in [0.4, 0.5) is 16.2 Å². The molecule has 5 heteroatoms. The topological polar surface area (TPSA) is 67.2 Å². The molecule has 0 aliphatic heterocycles. The van der Waals surface area contributed by atoms with E-state index in [0.29, 0.717) is 11.7 Å². The van der Waals surface area contributed by atoms with E-state index in [2.05, 4.69) is 16.7 Å². The molecule has 1 atom stereocenters. The van der Waals surface area contributed by atoms with Crippen LogP contribution >= 0.6 is 11.6 Å². The lowest BCUT2D eigenvalue weighted by atomic mass is 10.1. The van der Waals surface area contributed by atoms with E-state index in [-0.39, 0.29) is 0 Å². The molecule has 3 rings (SSSR count). The molecule has 1 aliphatic rings. The SMILES string of the molecule is NC(=O)Nc1ccc(NC2Cc3ccc(Cl)cc3C2)cc1. The van der Waals surface area contributed by atoms with Gasteiger partial charge in [-0.2, -0.15) is 0 Å². The van der Waals surface area contributed by atoms with Crippen LogP contribution in [0, 0.1) is 0 Å². The maximum Gasteiger partial charge on any atom is 0.316 e. The molecule has 108 valence electrons. The molecule has 0 spiro atoms. The zero-order valence-electron chi connectivity index (χ0n) is 11.4. The first-order chi connectivity index (χ1) is 10.1. The van der Waals surface area contributed by atoms with Gasteiger partial charge in [-0.15, -0.1) is 0 Å². The fourth-order valence-corrected chi connectivity index (χ4v) is 2.91. The fraction of sp³-hybridized carbons (Fsp3) is 0.188. The van der Waals surface area contributed by atoms with Crippen molar-refractivity contribution in [2.45, 2.75) is 18.9 Å². The first-order valence-corrected chi connectivity index (χ1v) is 7.18. The zero-order valence-corrected chi connectivity index (χ0v) is 12.2. The molecule has 0 fully saturated rings. The number of carbonyl (C=O) groups excluding carboxylic acids is 1. The van der Waals surface area contributed by atoms with Gasteiger partial charge in [0.05, 0.1) is 0 Å². The summed E-state index contributed by atoms with van der Waals surface area (Å²) in [6.45, 7) is 0. The molecule has 0 saturated carbocycles. The van der Waals surface area contributed by atoms with E-state index in [0.717, 1.165) is 23.6 Å². The maximum absolute atomic E-state index is 10.8. The fourth-order valence-electron chi connectivity index (χ4n) is 2.72. The molecule has 2 aromatic carbocycles. The molecular weight excluding hydrogens is 286 g/mol. The monoisotopic (exact) mass is 301 g/mol. The van der Waals surface area contributed by atoms with Gasteiger partial charge in [0.1, 0.15) is 0 Å². The summed E-state index contributed by atoms with van der Waals surface area (Å²) in [4.78, 5) is 10.8. The summed E-state index contributed by atoms with van der Waals surface area (Å²) >= 11 is 6.03. The second kappa shape index (κ2) is 5.66. The largest absolute Gasteiger partial charge is 0.382 e. The van der Waals surface area contributed by atoms with Gasteiger partial charge in [-0.3, -0.25) is 0 Å². The predicted octanol–water partition coefficient (Wildman–Crippen LogP) is 3.41. The van der Waals surface area contributed by atoms with Gasteiger partial charge in [-0.1, -0.05) is 17.7 Å². The van der Waals surface area contributed by atoms with Crippen molar-refractivity contribution in [3.8, 4) is 0 Å². The van der Waals surface area contributed by atoms with Gasteiger partial charge < -0.3 is 16.4 Å². The minimum absolute atomic E-state index is 0.369. The molecule has 4 nitrogen and oxygen atoms in total. The molecule has 0 aromatic heterocycles. The number of hydrogen-bond acceptors (Lipinski definition) is 2. The number of rotatable bonds is 3. The highest BCUT2D eigenvalue weighted by Gasteiger charge is 2.21. The second-order valence-corrected chi connectivity index (χ2v) is 5.67. The number of halogens is 1. The molecule has 0 saturated heterocycles. The molecule has 4 N–H and O–H groups in total. The van der Waals surface area contributed by atoms with Gasteiger partial charge in [-0.05, 0) is 60.4 Å². The van der Waals surface area contributed by atoms with Crippen molar-refractivity contribution < 1.29 is 4.79 Å². The lowest BCUT2D eigenvalue weighted by Crippen LogP contribution is -2.20. The third-order valence-corrected chi connectivity index (χ3v) is 3.86. The van der Waals surface area contributed by atoms with Crippen LogP contribution in [0.1, 0.15) is 11.1 Å². The number of amides is 2. The number of carbonyl (C=O) groups is 1. The highest BCUT2D eigenvalue weighted by atomic mass is 35.5. The maximum atomic E-state index is 10.8. The van der Waals surface area contributed by atoms with E-state index < -0.39 is 6.03 Å². The van der Waals surface area contributed by atoms with E-state index in [1.807, 2.05) is 36.4 Å². The van der Waals surface area contributed by atoms with Crippen molar-refractivity contribution in [2.24, 2.45) is 5.73 Å². The number of fused-ring (bicyclic) bond motifs is 1. The number of nitrogens with one attached hydrogen (secondary N) is 2. The van der Waals surface area contributed by atoms with E-state index in [9.17, 15) is 4.79 Å². The molecule has 2 aromatic rings. The minimum Gasteiger partial charge on any atom is -0.382 e. The number of hydrogen-bond donors (Lipinski definition) is 3.